The first-order chi connectivity index (χ1) is 6.24. The monoisotopic (exact) mass is 293 g/mol. The van der Waals surface area contributed by atoms with Crippen molar-refractivity contribution in [1.29, 1.82) is 0 Å². The molecule has 0 saturated carbocycles. The molecule has 0 bridgehead atoms. The lowest BCUT2D eigenvalue weighted by atomic mass is 10.2. The summed E-state index contributed by atoms with van der Waals surface area (Å²) >= 11 is 2.19. The number of benzene rings is 1. The first-order valence-electron chi connectivity index (χ1n) is 4.38. The van der Waals surface area contributed by atoms with E-state index in [1.54, 1.807) is 6.07 Å². The summed E-state index contributed by atoms with van der Waals surface area (Å²) in [7, 11) is 0. The van der Waals surface area contributed by atoms with Gasteiger partial charge < -0.3 is 5.32 Å². The minimum Gasteiger partial charge on any atom is -0.313 e. The van der Waals surface area contributed by atoms with Crippen molar-refractivity contribution in [1.82, 2.24) is 5.32 Å². The maximum Gasteiger partial charge on any atom is 0.127 e. The summed E-state index contributed by atoms with van der Waals surface area (Å²) in [6.07, 6.45) is 1.07. The van der Waals surface area contributed by atoms with Crippen LogP contribution in [0, 0.1) is 9.39 Å². The first-order valence-corrected chi connectivity index (χ1v) is 5.46. The van der Waals surface area contributed by atoms with Gasteiger partial charge in [-0.1, -0.05) is 6.92 Å². The van der Waals surface area contributed by atoms with Crippen molar-refractivity contribution in [3.05, 3.63) is 33.1 Å². The topological polar surface area (TPSA) is 12.0 Å². The smallest absolute Gasteiger partial charge is 0.127 e. The summed E-state index contributed by atoms with van der Waals surface area (Å²) in [5, 5.41) is 3.18. The molecule has 0 saturated heterocycles. The first kappa shape index (κ1) is 10.9. The Morgan fingerprint density at radius 1 is 1.46 bits per heavy atom. The van der Waals surface area contributed by atoms with Gasteiger partial charge in [-0.3, -0.25) is 0 Å². The van der Waals surface area contributed by atoms with Crippen LogP contribution in [0.2, 0.25) is 0 Å². The second kappa shape index (κ2) is 5.54. The molecular weight excluding hydrogens is 280 g/mol. The fourth-order valence-electron chi connectivity index (χ4n) is 1.08. The van der Waals surface area contributed by atoms with Crippen molar-refractivity contribution < 1.29 is 4.39 Å². The molecule has 1 aromatic carbocycles. The summed E-state index contributed by atoms with van der Waals surface area (Å²) in [5.74, 6) is -0.121. The van der Waals surface area contributed by atoms with E-state index in [1.807, 2.05) is 6.07 Å². The Hall–Kier alpha value is -0.160. The fraction of sp³-hybridized carbons (Fsp3) is 0.400. The zero-order valence-electron chi connectivity index (χ0n) is 7.61. The Balaban J connectivity index is 2.59. The van der Waals surface area contributed by atoms with Crippen LogP contribution in [0.25, 0.3) is 0 Å². The lowest BCUT2D eigenvalue weighted by molar-refractivity contribution is 0.586. The van der Waals surface area contributed by atoms with Crippen LogP contribution in [0.15, 0.2) is 18.2 Å². The molecule has 0 amide bonds. The van der Waals surface area contributed by atoms with Crippen molar-refractivity contribution in [2.45, 2.75) is 19.9 Å². The maximum atomic E-state index is 13.2. The highest BCUT2D eigenvalue weighted by Gasteiger charge is 2.01. The second-order valence-corrected chi connectivity index (χ2v) is 4.16. The molecule has 0 radical (unpaired) electrons. The number of nitrogens with one attached hydrogen (secondary N) is 1. The third-order valence-corrected chi connectivity index (χ3v) is 2.42. The number of rotatable bonds is 4. The van der Waals surface area contributed by atoms with Gasteiger partial charge in [-0.2, -0.15) is 0 Å². The molecule has 0 atom stereocenters. The molecule has 3 heteroatoms. The fourth-order valence-corrected chi connectivity index (χ4v) is 1.63. The standard InChI is InChI=1S/C10H13FIN/c1-2-5-13-7-8-6-9(12)3-4-10(8)11/h3-4,6,13H,2,5,7H2,1H3. The van der Waals surface area contributed by atoms with Crippen molar-refractivity contribution in [2.24, 2.45) is 0 Å². The quantitative estimate of drug-likeness (QED) is 0.665. The van der Waals surface area contributed by atoms with Gasteiger partial charge in [0.25, 0.3) is 0 Å². The predicted molar refractivity (Wildman–Crippen MR) is 61.1 cm³/mol. The zero-order chi connectivity index (χ0) is 9.68. The van der Waals surface area contributed by atoms with Gasteiger partial charge in [0, 0.05) is 15.7 Å². The third kappa shape index (κ3) is 3.60. The highest BCUT2D eigenvalue weighted by atomic mass is 127. The summed E-state index contributed by atoms with van der Waals surface area (Å²) < 4.78 is 14.2. The summed E-state index contributed by atoms with van der Waals surface area (Å²) in [6, 6.07) is 5.17. The predicted octanol–water partition coefficient (Wildman–Crippen LogP) is 2.93. The highest BCUT2D eigenvalue weighted by molar-refractivity contribution is 14.1. The van der Waals surface area contributed by atoms with Crippen molar-refractivity contribution in [2.75, 3.05) is 6.54 Å². The van der Waals surface area contributed by atoms with E-state index in [0.717, 1.165) is 22.1 Å². The van der Waals surface area contributed by atoms with Crippen LogP contribution in [0.5, 0.6) is 0 Å². The lowest BCUT2D eigenvalue weighted by Gasteiger charge is -2.04. The summed E-state index contributed by atoms with van der Waals surface area (Å²) in [6.45, 7) is 3.65. The summed E-state index contributed by atoms with van der Waals surface area (Å²) in [5.41, 5.74) is 0.750. The third-order valence-electron chi connectivity index (χ3n) is 1.75. The van der Waals surface area contributed by atoms with E-state index in [9.17, 15) is 4.39 Å². The van der Waals surface area contributed by atoms with E-state index >= 15 is 0 Å². The average molecular weight is 293 g/mol. The van der Waals surface area contributed by atoms with Gasteiger partial charge in [-0.25, -0.2) is 4.39 Å². The number of halogens is 2. The molecule has 0 fully saturated rings. The van der Waals surface area contributed by atoms with Crippen LogP contribution in [0.3, 0.4) is 0 Å². The minimum absolute atomic E-state index is 0.121. The van der Waals surface area contributed by atoms with E-state index in [1.165, 1.54) is 6.07 Å². The molecule has 13 heavy (non-hydrogen) atoms. The molecular formula is C10H13FIN. The maximum absolute atomic E-state index is 13.2. The normalized spacial score (nSPS) is 10.4. The van der Waals surface area contributed by atoms with Gasteiger partial charge in [-0.05, 0) is 53.8 Å². The van der Waals surface area contributed by atoms with Crippen LogP contribution in [-0.2, 0) is 6.54 Å². The van der Waals surface area contributed by atoms with Crippen LogP contribution in [-0.4, -0.2) is 6.54 Å². The molecule has 1 N–H and O–H groups in total. The molecule has 0 heterocycles. The molecule has 0 spiro atoms. The van der Waals surface area contributed by atoms with E-state index in [0.29, 0.717) is 6.54 Å². The Morgan fingerprint density at radius 3 is 2.92 bits per heavy atom. The lowest BCUT2D eigenvalue weighted by Crippen LogP contribution is -2.14. The Labute approximate surface area is 91.9 Å². The second-order valence-electron chi connectivity index (χ2n) is 2.91. The van der Waals surface area contributed by atoms with Crippen molar-refractivity contribution >= 4 is 22.6 Å². The molecule has 1 aromatic rings. The molecule has 0 unspecified atom stereocenters. The Kier molecular flexibility index (Phi) is 4.66. The molecule has 0 aliphatic rings. The highest BCUT2D eigenvalue weighted by Crippen LogP contribution is 2.11. The molecule has 1 rings (SSSR count). The summed E-state index contributed by atoms with van der Waals surface area (Å²) in [4.78, 5) is 0. The van der Waals surface area contributed by atoms with Crippen LogP contribution in [0.1, 0.15) is 18.9 Å². The van der Waals surface area contributed by atoms with E-state index in [4.69, 9.17) is 0 Å². The molecule has 72 valence electrons. The zero-order valence-corrected chi connectivity index (χ0v) is 9.77. The van der Waals surface area contributed by atoms with Crippen LogP contribution in [0.4, 0.5) is 4.39 Å². The van der Waals surface area contributed by atoms with E-state index < -0.39 is 0 Å². The number of hydrogen-bond acceptors (Lipinski definition) is 1. The van der Waals surface area contributed by atoms with Gasteiger partial charge in [0.1, 0.15) is 5.82 Å². The average Bonchev–Trinajstić information content (AvgIpc) is 2.11. The van der Waals surface area contributed by atoms with Crippen molar-refractivity contribution in [3.63, 3.8) is 0 Å². The molecule has 0 aromatic heterocycles. The van der Waals surface area contributed by atoms with Gasteiger partial charge in [0.2, 0.25) is 0 Å². The van der Waals surface area contributed by atoms with Gasteiger partial charge in [0.15, 0.2) is 0 Å². The molecule has 1 nitrogen and oxygen atoms in total. The van der Waals surface area contributed by atoms with Gasteiger partial charge in [0.05, 0.1) is 0 Å². The van der Waals surface area contributed by atoms with E-state index in [2.05, 4.69) is 34.8 Å². The Bertz CT molecular complexity index is 276. The molecule has 0 aliphatic carbocycles. The number of hydrogen-bond donors (Lipinski definition) is 1. The minimum atomic E-state index is -0.121. The van der Waals surface area contributed by atoms with E-state index in [-0.39, 0.29) is 5.82 Å². The molecule has 0 aliphatic heterocycles. The van der Waals surface area contributed by atoms with Gasteiger partial charge in [-0.15, -0.1) is 0 Å². The largest absolute Gasteiger partial charge is 0.313 e. The SMILES string of the molecule is CCCNCc1cc(I)ccc1F. The van der Waals surface area contributed by atoms with Gasteiger partial charge >= 0.3 is 0 Å². The van der Waals surface area contributed by atoms with Crippen molar-refractivity contribution in [3.8, 4) is 0 Å². The van der Waals surface area contributed by atoms with Crippen LogP contribution < -0.4 is 5.32 Å². The van der Waals surface area contributed by atoms with Crippen LogP contribution >= 0.6 is 22.6 Å². The Morgan fingerprint density at radius 2 is 2.23 bits per heavy atom.